The van der Waals surface area contributed by atoms with Crippen molar-refractivity contribution in [3.63, 3.8) is 0 Å². The zero-order valence-corrected chi connectivity index (χ0v) is 38.8. The zero-order valence-electron chi connectivity index (χ0n) is 38.8. The Kier molecular flexibility index (Phi) is 10.2. The number of fused-ring (bicyclic) bond motifs is 11. The fourth-order valence-corrected chi connectivity index (χ4v) is 11.7. The van der Waals surface area contributed by atoms with Crippen LogP contribution in [0.15, 0.2) is 30.3 Å². The van der Waals surface area contributed by atoms with Gasteiger partial charge in [-0.1, -0.05) is 0 Å². The van der Waals surface area contributed by atoms with Crippen LogP contribution in [-0.2, 0) is 57.0 Å². The lowest BCUT2D eigenvalue weighted by molar-refractivity contribution is -0.459. The number of benzene rings is 4. The molecular weight excluding hydrogens is 1080 g/mol. The lowest BCUT2D eigenvalue weighted by Crippen LogP contribution is -2.88. The van der Waals surface area contributed by atoms with Gasteiger partial charge in [-0.25, -0.2) is 24.0 Å². The molecule has 414 valence electrons. The largest absolute Gasteiger partial charge is 0.504 e. The quantitative estimate of drug-likeness (QED) is 0.0545. The van der Waals surface area contributed by atoms with Gasteiger partial charge in [-0.05, 0) is 30.3 Å². The van der Waals surface area contributed by atoms with Gasteiger partial charge in [0.15, 0.2) is 75.8 Å². The molecule has 1 saturated carbocycles. The molecule has 13 atom stereocenters. The molecule has 79 heavy (non-hydrogen) atoms. The first kappa shape index (κ1) is 50.5. The SMILES string of the molecule is O=C(O[C@@H]1[C@H]2OC(=O)c3cc(O)c(O)c4c3[C@H]3[C@@](O)(O4)[C@]4(O)O[C@]5(C(=O)O[C@@H]6[C@@H](O)CO[C@]65O)[C@]3(CC4=O)C(=O)O[C@@H]1[C@H]1COC(=O)c3cc(O)c(O)c(O)c3-c3c(cc(O)c(O)c3O)C(=O)O[C@@H]2O1)c1cc(O)c(O)c(O)c1. The molecule has 6 bridgehead atoms. The van der Waals surface area contributed by atoms with Gasteiger partial charge >= 0.3 is 35.8 Å². The molecule has 0 amide bonds. The van der Waals surface area contributed by atoms with Crippen molar-refractivity contribution in [2.24, 2.45) is 5.41 Å². The number of hydrogen-bond donors (Lipinski definition) is 15. The van der Waals surface area contributed by atoms with E-state index in [4.69, 9.17) is 47.4 Å². The fraction of sp³-hybridized carbons (Fsp3) is 0.340. The smallest absolute Gasteiger partial charge is 0.346 e. The average Bonchev–Trinajstić information content (AvgIpc) is 1.67. The summed E-state index contributed by atoms with van der Waals surface area (Å²) in [5.41, 5.74) is -15.4. The van der Waals surface area contributed by atoms with Crippen molar-refractivity contribution >= 4 is 41.6 Å². The summed E-state index contributed by atoms with van der Waals surface area (Å²) >= 11 is 0. The molecule has 32 heteroatoms. The number of ether oxygens (including phenoxy) is 10. The minimum absolute atomic E-state index is 0.346. The summed E-state index contributed by atoms with van der Waals surface area (Å²) in [6.45, 7) is -2.44. The van der Waals surface area contributed by atoms with Crippen LogP contribution in [-0.4, -0.2) is 197 Å². The van der Waals surface area contributed by atoms with E-state index in [1.807, 2.05) is 0 Å². The highest BCUT2D eigenvalue weighted by Crippen LogP contribution is 2.76. The third-order valence-corrected chi connectivity index (χ3v) is 15.2. The lowest BCUT2D eigenvalue weighted by atomic mass is 9.47. The summed E-state index contributed by atoms with van der Waals surface area (Å²) in [4.78, 5) is 104. The van der Waals surface area contributed by atoms with Gasteiger partial charge < -0.3 is 124 Å². The number of carbonyl (C=O) groups is 7. The van der Waals surface area contributed by atoms with Crippen molar-refractivity contribution < 1.29 is 158 Å². The van der Waals surface area contributed by atoms with Gasteiger partial charge in [-0.3, -0.25) is 9.59 Å². The molecule has 1 aliphatic carbocycles. The van der Waals surface area contributed by atoms with Crippen LogP contribution < -0.4 is 4.74 Å². The van der Waals surface area contributed by atoms with Crippen molar-refractivity contribution in [2.45, 2.75) is 78.2 Å². The maximum Gasteiger partial charge on any atom is 0.346 e. The van der Waals surface area contributed by atoms with Gasteiger partial charge in [0, 0.05) is 23.1 Å². The summed E-state index contributed by atoms with van der Waals surface area (Å²) in [6, 6.07) is 2.07. The van der Waals surface area contributed by atoms with Crippen molar-refractivity contribution in [3.05, 3.63) is 58.1 Å². The number of aliphatic hydroxyl groups is 4. The summed E-state index contributed by atoms with van der Waals surface area (Å²) in [5.74, 6) is -43.9. The van der Waals surface area contributed by atoms with Gasteiger partial charge in [0.05, 0.1) is 34.8 Å². The molecule has 2 spiro atoms. The third kappa shape index (κ3) is 6.05. The Balaban J connectivity index is 1.13. The van der Waals surface area contributed by atoms with Crippen LogP contribution in [0.2, 0.25) is 0 Å². The van der Waals surface area contributed by atoms with Crippen LogP contribution in [0, 0.1) is 5.41 Å². The van der Waals surface area contributed by atoms with Crippen LogP contribution in [0.3, 0.4) is 0 Å². The van der Waals surface area contributed by atoms with Crippen LogP contribution >= 0.6 is 0 Å². The first-order chi connectivity index (χ1) is 37.1. The number of carbonyl (C=O) groups excluding carboxylic acids is 7. The van der Waals surface area contributed by atoms with Crippen LogP contribution in [0.5, 0.6) is 69.0 Å². The van der Waals surface area contributed by atoms with Crippen molar-refractivity contribution in [1.29, 1.82) is 0 Å². The summed E-state index contributed by atoms with van der Waals surface area (Å²) < 4.78 is 57.0. The van der Waals surface area contributed by atoms with Crippen molar-refractivity contribution in [2.75, 3.05) is 13.2 Å². The van der Waals surface area contributed by atoms with E-state index >= 15 is 9.59 Å². The second-order valence-corrected chi connectivity index (χ2v) is 19.2. The molecule has 9 aliphatic rings. The molecular formula is C47H34O32. The molecule has 13 rings (SSSR count). The van der Waals surface area contributed by atoms with Gasteiger partial charge in [0.1, 0.15) is 24.2 Å². The highest BCUT2D eigenvalue weighted by molar-refractivity contribution is 6.09. The highest BCUT2D eigenvalue weighted by atomic mass is 16.8. The van der Waals surface area contributed by atoms with Crippen LogP contribution in [0.4, 0.5) is 0 Å². The zero-order chi connectivity index (χ0) is 56.9. The van der Waals surface area contributed by atoms with E-state index in [1.54, 1.807) is 0 Å². The van der Waals surface area contributed by atoms with Crippen LogP contribution in [0.25, 0.3) is 11.1 Å². The molecule has 4 aromatic rings. The number of aliphatic hydroxyl groups excluding tert-OH is 1. The average molecular weight is 1110 g/mol. The second-order valence-electron chi connectivity index (χ2n) is 19.2. The molecule has 0 radical (unpaired) electrons. The predicted molar refractivity (Wildman–Crippen MR) is 232 cm³/mol. The molecule has 0 unspecified atom stereocenters. The topological polar surface area (TPSA) is 515 Å². The Morgan fingerprint density at radius 3 is 1.80 bits per heavy atom. The molecule has 0 aromatic heterocycles. The molecule has 6 fully saturated rings. The standard InChI is InChI=1S/C47H34O32/c48-13-1-9(2-14(49)24(13)55)36(61)73-32-30-19-8-70-37(62)10-3-15(50)25(56)28(59)21(10)22-11(4-16(51)26(57)29(22)60)39(64)77-40(72-19)33(32)74-38(63)12-5-17(52)27(58)31-23(12)34-43(41(65)75-30)6-20(54)45(67,46(34,68)78-31)79-44(43)42(66)76-35-18(53)7-71-47(35,44)69/h1-5,18-19,30,32-35,40,48-53,55-60,67-69H,6-8H2/t18-,19+,30+,32-,33+,34+,35+,40-,43-,44+,45+,46+,47+/m0/s1. The minimum Gasteiger partial charge on any atom is -0.504 e. The van der Waals surface area contributed by atoms with Crippen LogP contribution in [0.1, 0.15) is 59.3 Å². The van der Waals surface area contributed by atoms with E-state index in [1.165, 1.54) is 0 Å². The number of hydrogen-bond acceptors (Lipinski definition) is 32. The van der Waals surface area contributed by atoms with Gasteiger partial charge in [0.2, 0.25) is 41.0 Å². The van der Waals surface area contributed by atoms with E-state index in [0.29, 0.717) is 30.3 Å². The Labute approximate surface area is 433 Å². The number of cyclic esters (lactones) is 1. The molecule has 32 nitrogen and oxygen atoms in total. The molecule has 8 heterocycles. The van der Waals surface area contributed by atoms with E-state index in [0.717, 1.165) is 0 Å². The summed E-state index contributed by atoms with van der Waals surface area (Å²) in [5, 5.41) is 167. The third-order valence-electron chi connectivity index (χ3n) is 15.2. The molecule has 5 saturated heterocycles. The maximum atomic E-state index is 16.2. The normalized spacial score (nSPS) is 34.6. The Bertz CT molecular complexity index is 3530. The first-order valence-corrected chi connectivity index (χ1v) is 22.8. The number of phenolic OH excluding ortho intramolecular Hbond substituents is 11. The predicted octanol–water partition coefficient (Wildman–Crippen LogP) is -2.87. The monoisotopic (exact) mass is 1110 g/mol. The highest BCUT2D eigenvalue weighted by Gasteiger charge is 2.97. The Morgan fingerprint density at radius 2 is 1.16 bits per heavy atom. The van der Waals surface area contributed by atoms with E-state index < -0.39 is 246 Å². The minimum atomic E-state index is -4.05. The van der Waals surface area contributed by atoms with Gasteiger partial charge in [0.25, 0.3) is 11.6 Å². The summed E-state index contributed by atoms with van der Waals surface area (Å²) in [6.07, 6.45) is -19.5. The van der Waals surface area contributed by atoms with Gasteiger partial charge in [-0.2, -0.15) is 0 Å². The number of rotatable bonds is 2. The Morgan fingerprint density at radius 1 is 0.595 bits per heavy atom. The van der Waals surface area contributed by atoms with E-state index in [-0.39, 0.29) is 0 Å². The molecule has 15 N–H and O–H groups in total. The number of phenols is 11. The molecule has 4 aromatic carbocycles. The number of Topliss-reactive ketones (excluding diaryl/α,β-unsaturated/α-hetero) is 1. The summed E-state index contributed by atoms with van der Waals surface area (Å²) in [7, 11) is 0. The maximum absolute atomic E-state index is 16.2. The number of aromatic hydroxyl groups is 11. The Hall–Kier alpha value is -9.31. The molecule has 8 aliphatic heterocycles. The number of esters is 6. The van der Waals surface area contributed by atoms with Gasteiger partial charge in [-0.15, -0.1) is 0 Å². The lowest BCUT2D eigenvalue weighted by Gasteiger charge is -2.64. The number of ketones is 1. The second kappa shape index (κ2) is 15.9. The first-order valence-electron chi connectivity index (χ1n) is 22.8. The fourth-order valence-electron chi connectivity index (χ4n) is 11.7. The van der Waals surface area contributed by atoms with Crippen molar-refractivity contribution in [1.82, 2.24) is 0 Å². The van der Waals surface area contributed by atoms with E-state index in [9.17, 15) is 101 Å². The van der Waals surface area contributed by atoms with Crippen molar-refractivity contribution in [3.8, 4) is 80.1 Å². The van der Waals surface area contributed by atoms with E-state index in [2.05, 4.69) is 0 Å².